The van der Waals surface area contributed by atoms with Gasteiger partial charge in [0.2, 0.25) is 0 Å². The van der Waals surface area contributed by atoms with Gasteiger partial charge in [-0.15, -0.1) is 0 Å². The van der Waals surface area contributed by atoms with Crippen LogP contribution in [0.15, 0.2) is 29.2 Å². The third kappa shape index (κ3) is 3.70. The molecule has 2 fully saturated rings. The minimum absolute atomic E-state index is 0.0607. The largest absolute Gasteiger partial charge is 0.446 e. The van der Waals surface area contributed by atoms with Crippen molar-refractivity contribution in [1.29, 1.82) is 0 Å². The van der Waals surface area contributed by atoms with Crippen molar-refractivity contribution in [3.63, 3.8) is 0 Å². The monoisotopic (exact) mass is 301 g/mol. The molecule has 0 amide bonds. The highest BCUT2D eigenvalue weighted by Gasteiger charge is 2.53. The number of hydrogen-bond acceptors (Lipinski definition) is 2. The molecule has 0 unspecified atom stereocenters. The summed E-state index contributed by atoms with van der Waals surface area (Å²) in [6.07, 6.45) is 5.44. The summed E-state index contributed by atoms with van der Waals surface area (Å²) in [6.45, 7) is 1.79. The van der Waals surface area contributed by atoms with Crippen molar-refractivity contribution in [2.24, 2.45) is 11.3 Å². The van der Waals surface area contributed by atoms with E-state index in [1.165, 1.54) is 25.7 Å². The molecule has 110 valence electrons. The van der Waals surface area contributed by atoms with E-state index in [0.29, 0.717) is 5.41 Å². The standard InChI is InChI=1S/C15H18F3NS/c16-15(17,18)20-13-5-1-11(2-6-13)9-19-10-14(7-8-14)12-3-4-12/h1-2,5-6,12,19H,3-4,7-10H2. The fourth-order valence-electron chi connectivity index (χ4n) is 2.85. The summed E-state index contributed by atoms with van der Waals surface area (Å²) in [5.74, 6) is 0.931. The molecule has 1 aromatic carbocycles. The van der Waals surface area contributed by atoms with Crippen LogP contribution in [0, 0.1) is 11.3 Å². The average Bonchev–Trinajstić information content (AvgIpc) is 3.23. The Bertz CT molecular complexity index is 461. The number of nitrogens with one attached hydrogen (secondary N) is 1. The van der Waals surface area contributed by atoms with Crippen LogP contribution < -0.4 is 5.32 Å². The summed E-state index contributed by atoms with van der Waals surface area (Å²) in [5.41, 5.74) is -2.60. The minimum atomic E-state index is -4.21. The molecule has 2 saturated carbocycles. The van der Waals surface area contributed by atoms with E-state index < -0.39 is 5.51 Å². The van der Waals surface area contributed by atoms with Gasteiger partial charge in [-0.25, -0.2) is 0 Å². The molecule has 0 spiro atoms. The summed E-state index contributed by atoms with van der Waals surface area (Å²) < 4.78 is 36.6. The SMILES string of the molecule is FC(F)(F)Sc1ccc(CNCC2(C3CC3)CC2)cc1. The summed E-state index contributed by atoms with van der Waals surface area (Å²) in [7, 11) is 0. The van der Waals surface area contributed by atoms with Crippen LogP contribution in [-0.4, -0.2) is 12.1 Å². The van der Waals surface area contributed by atoms with E-state index in [-0.39, 0.29) is 16.7 Å². The van der Waals surface area contributed by atoms with Crippen LogP contribution >= 0.6 is 11.8 Å². The Morgan fingerprint density at radius 1 is 1.15 bits per heavy atom. The molecule has 0 atom stereocenters. The number of thioether (sulfide) groups is 1. The van der Waals surface area contributed by atoms with Crippen molar-refractivity contribution < 1.29 is 13.2 Å². The van der Waals surface area contributed by atoms with Crippen LogP contribution in [-0.2, 0) is 6.54 Å². The smallest absolute Gasteiger partial charge is 0.312 e. The van der Waals surface area contributed by atoms with Gasteiger partial charge < -0.3 is 5.32 Å². The topological polar surface area (TPSA) is 12.0 Å². The Morgan fingerprint density at radius 3 is 2.30 bits per heavy atom. The van der Waals surface area contributed by atoms with E-state index in [1.807, 2.05) is 0 Å². The summed E-state index contributed by atoms with van der Waals surface area (Å²) in [6, 6.07) is 6.64. The third-order valence-corrected chi connectivity index (χ3v) is 5.04. The molecule has 0 aromatic heterocycles. The number of hydrogen-bond donors (Lipinski definition) is 1. The molecule has 0 radical (unpaired) electrons. The summed E-state index contributed by atoms with van der Waals surface area (Å²) >= 11 is -0.0607. The van der Waals surface area contributed by atoms with Crippen molar-refractivity contribution in [1.82, 2.24) is 5.32 Å². The number of rotatable bonds is 6. The second-order valence-electron chi connectivity index (χ2n) is 5.93. The first kappa shape index (κ1) is 14.3. The maximum absolute atomic E-state index is 12.2. The zero-order valence-corrected chi connectivity index (χ0v) is 12.0. The Labute approximate surface area is 121 Å². The molecule has 0 saturated heterocycles. The Hall–Kier alpha value is -0.680. The minimum Gasteiger partial charge on any atom is -0.312 e. The van der Waals surface area contributed by atoms with Crippen LogP contribution in [0.3, 0.4) is 0 Å². The van der Waals surface area contributed by atoms with Gasteiger partial charge >= 0.3 is 5.51 Å². The molecular formula is C15H18F3NS. The molecule has 0 heterocycles. The van der Waals surface area contributed by atoms with E-state index in [9.17, 15) is 13.2 Å². The van der Waals surface area contributed by atoms with E-state index in [4.69, 9.17) is 0 Å². The first-order valence-corrected chi connectivity index (χ1v) is 7.84. The maximum atomic E-state index is 12.2. The average molecular weight is 301 g/mol. The quantitative estimate of drug-likeness (QED) is 0.772. The maximum Gasteiger partial charge on any atom is 0.446 e. The van der Waals surface area contributed by atoms with E-state index >= 15 is 0 Å². The van der Waals surface area contributed by atoms with E-state index in [0.717, 1.165) is 24.6 Å². The predicted octanol–water partition coefficient (Wildman–Crippen LogP) is 4.58. The highest BCUT2D eigenvalue weighted by Crippen LogP contribution is 2.60. The third-order valence-electron chi connectivity index (χ3n) is 4.30. The van der Waals surface area contributed by atoms with Crippen LogP contribution in [0.25, 0.3) is 0 Å². The zero-order valence-electron chi connectivity index (χ0n) is 11.2. The van der Waals surface area contributed by atoms with Gasteiger partial charge in [-0.2, -0.15) is 13.2 Å². The van der Waals surface area contributed by atoms with E-state index in [1.54, 1.807) is 24.3 Å². The van der Waals surface area contributed by atoms with Crippen LogP contribution in [0.1, 0.15) is 31.2 Å². The van der Waals surface area contributed by atoms with Crippen molar-refractivity contribution in [2.45, 2.75) is 42.6 Å². The Balaban J connectivity index is 1.46. The lowest BCUT2D eigenvalue weighted by molar-refractivity contribution is -0.0328. The van der Waals surface area contributed by atoms with Gasteiger partial charge in [-0.3, -0.25) is 0 Å². The normalized spacial score (nSPS) is 20.9. The summed E-state index contributed by atoms with van der Waals surface area (Å²) in [5, 5.41) is 3.46. The van der Waals surface area contributed by atoms with Gasteiger partial charge in [0.05, 0.1) is 0 Å². The van der Waals surface area contributed by atoms with Crippen molar-refractivity contribution in [3.8, 4) is 0 Å². The highest BCUT2D eigenvalue weighted by atomic mass is 32.2. The number of benzene rings is 1. The molecule has 0 aliphatic heterocycles. The highest BCUT2D eigenvalue weighted by molar-refractivity contribution is 8.00. The summed E-state index contributed by atoms with van der Waals surface area (Å²) in [4.78, 5) is 0.248. The molecule has 2 aliphatic rings. The van der Waals surface area contributed by atoms with Gasteiger partial charge in [-0.05, 0) is 66.5 Å². The van der Waals surface area contributed by atoms with Gasteiger partial charge in [0.25, 0.3) is 0 Å². The van der Waals surface area contributed by atoms with Gasteiger partial charge in [0.1, 0.15) is 0 Å². The van der Waals surface area contributed by atoms with Gasteiger partial charge in [-0.1, -0.05) is 12.1 Å². The fraction of sp³-hybridized carbons (Fsp3) is 0.600. The van der Waals surface area contributed by atoms with Crippen molar-refractivity contribution >= 4 is 11.8 Å². The molecule has 1 nitrogen and oxygen atoms in total. The predicted molar refractivity (Wildman–Crippen MR) is 74.5 cm³/mol. The second-order valence-corrected chi connectivity index (χ2v) is 7.07. The lowest BCUT2D eigenvalue weighted by Crippen LogP contribution is -2.24. The zero-order chi connectivity index (χ0) is 14.2. The molecule has 5 heteroatoms. The van der Waals surface area contributed by atoms with E-state index in [2.05, 4.69) is 5.32 Å². The lowest BCUT2D eigenvalue weighted by Gasteiger charge is -2.15. The molecular weight excluding hydrogens is 283 g/mol. The molecule has 0 bridgehead atoms. The van der Waals surface area contributed by atoms with Crippen LogP contribution in [0.2, 0.25) is 0 Å². The van der Waals surface area contributed by atoms with Crippen molar-refractivity contribution in [2.75, 3.05) is 6.54 Å². The molecule has 3 rings (SSSR count). The first-order chi connectivity index (χ1) is 9.47. The number of halogens is 3. The van der Waals surface area contributed by atoms with Crippen LogP contribution in [0.4, 0.5) is 13.2 Å². The van der Waals surface area contributed by atoms with Gasteiger partial charge in [0.15, 0.2) is 0 Å². The molecule has 1 aromatic rings. The lowest BCUT2D eigenvalue weighted by atomic mass is 10.0. The fourth-order valence-corrected chi connectivity index (χ4v) is 3.39. The number of alkyl halides is 3. The Morgan fingerprint density at radius 2 is 1.80 bits per heavy atom. The molecule has 20 heavy (non-hydrogen) atoms. The first-order valence-electron chi connectivity index (χ1n) is 7.02. The molecule has 1 N–H and O–H groups in total. The molecule has 2 aliphatic carbocycles. The Kier molecular flexibility index (Phi) is 3.75. The second kappa shape index (κ2) is 5.26. The van der Waals surface area contributed by atoms with Crippen molar-refractivity contribution in [3.05, 3.63) is 29.8 Å². The van der Waals surface area contributed by atoms with Gasteiger partial charge in [0, 0.05) is 18.0 Å². The van der Waals surface area contributed by atoms with Crippen LogP contribution in [0.5, 0.6) is 0 Å².